The summed E-state index contributed by atoms with van der Waals surface area (Å²) in [6.45, 7) is 8.84. The summed E-state index contributed by atoms with van der Waals surface area (Å²) in [5, 5.41) is 16.6. The molecular weight excluding hydrogens is 673 g/mol. The molecule has 0 aliphatic carbocycles. The van der Waals surface area contributed by atoms with Gasteiger partial charge < -0.3 is 16.3 Å². The fraction of sp³-hybridized carbons (Fsp3) is 0.130. The number of anilines is 2. The van der Waals surface area contributed by atoms with Crippen LogP contribution in [0.25, 0.3) is 16.2 Å². The first kappa shape index (κ1) is 31.5. The Morgan fingerprint density at radius 3 is 1.76 bits per heavy atom. The molecule has 4 rings (SSSR count). The monoisotopic (exact) mass is 682 g/mol. The molecule has 0 bridgehead atoms. The molecule has 0 aliphatic rings. The quantitative estimate of drug-likeness (QED) is 0.123. The van der Waals surface area contributed by atoms with Crippen LogP contribution in [0.2, 0.25) is 15.1 Å². The minimum atomic E-state index is -4.73. The summed E-state index contributed by atoms with van der Waals surface area (Å²) >= 11 is 18.3. The third-order valence-electron chi connectivity index (χ3n) is 5.50. The maximum Gasteiger partial charge on any atom is 0.416 e. The maximum absolute atomic E-state index is 13.2. The number of benzene rings is 2. The normalized spacial score (nSPS) is 11.9. The Morgan fingerprint density at radius 1 is 0.833 bits per heavy atom. The minimum Gasteiger partial charge on any atom is -0.383 e. The Morgan fingerprint density at radius 2 is 1.29 bits per heavy atom. The van der Waals surface area contributed by atoms with Crippen molar-refractivity contribution < 1.29 is 26.3 Å². The van der Waals surface area contributed by atoms with Gasteiger partial charge in [-0.15, -0.1) is 4.68 Å². The standard InChI is InChI=1S/C23H11Cl3F6N8S2/c1-8-3-9(22(27,28)29)4-11(24)15(8)39-19(34)17(14(7-33)37-39)41-42-18-20(35)40(38-21(18)36-2)16-12(25)5-10(6-13(16)26)23(30,31)32/h3-6H,34-35H2,1H3. The van der Waals surface area contributed by atoms with Gasteiger partial charge in [0.15, 0.2) is 11.5 Å². The van der Waals surface area contributed by atoms with Crippen LogP contribution < -0.4 is 11.5 Å². The maximum atomic E-state index is 13.2. The lowest BCUT2D eigenvalue weighted by Crippen LogP contribution is -2.09. The zero-order valence-electron chi connectivity index (χ0n) is 20.4. The molecule has 2 aromatic heterocycles. The zero-order chi connectivity index (χ0) is 31.3. The van der Waals surface area contributed by atoms with Crippen molar-refractivity contribution in [2.24, 2.45) is 0 Å². The number of aryl methyl sites for hydroxylation is 1. The van der Waals surface area contributed by atoms with Gasteiger partial charge in [0.05, 0.1) is 41.7 Å². The second-order valence-corrected chi connectivity index (χ2v) is 11.6. The lowest BCUT2D eigenvalue weighted by atomic mass is 10.1. The van der Waals surface area contributed by atoms with Crippen LogP contribution in [-0.2, 0) is 12.4 Å². The van der Waals surface area contributed by atoms with Gasteiger partial charge in [0.25, 0.3) is 0 Å². The number of rotatable bonds is 5. The van der Waals surface area contributed by atoms with Crippen LogP contribution in [0.1, 0.15) is 22.4 Å². The molecule has 42 heavy (non-hydrogen) atoms. The fourth-order valence-electron chi connectivity index (χ4n) is 3.65. The largest absolute Gasteiger partial charge is 0.416 e. The van der Waals surface area contributed by atoms with Gasteiger partial charge >= 0.3 is 18.2 Å². The van der Waals surface area contributed by atoms with E-state index in [0.717, 1.165) is 37.0 Å². The molecule has 0 amide bonds. The molecule has 4 N–H and O–H groups in total. The molecule has 19 heteroatoms. The van der Waals surface area contributed by atoms with E-state index in [-0.39, 0.29) is 54.9 Å². The van der Waals surface area contributed by atoms with Crippen LogP contribution in [0.5, 0.6) is 0 Å². The van der Waals surface area contributed by atoms with E-state index < -0.39 is 33.5 Å². The van der Waals surface area contributed by atoms with Crippen molar-refractivity contribution in [3.63, 3.8) is 0 Å². The highest BCUT2D eigenvalue weighted by Gasteiger charge is 2.34. The third kappa shape index (κ3) is 5.77. The van der Waals surface area contributed by atoms with Gasteiger partial charge in [0.1, 0.15) is 17.6 Å². The predicted molar refractivity (Wildman–Crippen MR) is 148 cm³/mol. The fourth-order valence-corrected chi connectivity index (χ4v) is 6.96. The first-order chi connectivity index (χ1) is 19.5. The van der Waals surface area contributed by atoms with Crippen molar-refractivity contribution in [1.82, 2.24) is 19.6 Å². The lowest BCUT2D eigenvalue weighted by molar-refractivity contribution is -0.138. The summed E-state index contributed by atoms with van der Waals surface area (Å²) in [5.74, 6) is -0.644. The smallest absolute Gasteiger partial charge is 0.383 e. The van der Waals surface area contributed by atoms with Gasteiger partial charge in [-0.1, -0.05) is 52.2 Å². The predicted octanol–water partition coefficient (Wildman–Crippen LogP) is 8.75. The Kier molecular flexibility index (Phi) is 8.52. The highest BCUT2D eigenvalue weighted by atomic mass is 35.5. The molecule has 0 unspecified atom stereocenters. The van der Waals surface area contributed by atoms with E-state index in [1.54, 1.807) is 0 Å². The summed E-state index contributed by atoms with van der Waals surface area (Å²) in [6.07, 6.45) is -9.38. The Labute approximate surface area is 255 Å². The summed E-state index contributed by atoms with van der Waals surface area (Å²) < 4.78 is 81.0. The number of nitrogens with two attached hydrogens (primary N) is 2. The van der Waals surface area contributed by atoms with Crippen LogP contribution in [0, 0.1) is 24.8 Å². The average Bonchev–Trinajstić information content (AvgIpc) is 3.36. The number of halogens is 9. The Bertz CT molecular complexity index is 1640. The van der Waals surface area contributed by atoms with Gasteiger partial charge in [0, 0.05) is 0 Å². The minimum absolute atomic E-state index is 0.0104. The van der Waals surface area contributed by atoms with Crippen molar-refractivity contribution in [3.8, 4) is 17.4 Å². The summed E-state index contributed by atoms with van der Waals surface area (Å²) in [7, 11) is 1.64. The SMILES string of the molecule is [C-]#[N+]c1nn(-c2c(Cl)cc(C(F)(F)F)cc2Cl)c(N)c1SSc1c(C#N)nn(-c2c(C)cc(C(F)(F)F)cc2Cl)c1N. The highest BCUT2D eigenvalue weighted by molar-refractivity contribution is 8.76. The van der Waals surface area contributed by atoms with Crippen LogP contribution in [0.4, 0.5) is 43.8 Å². The van der Waals surface area contributed by atoms with Crippen molar-refractivity contribution in [2.75, 3.05) is 11.5 Å². The number of hydrogen-bond donors (Lipinski definition) is 2. The average molecular weight is 684 g/mol. The van der Waals surface area contributed by atoms with Gasteiger partial charge in [-0.05, 0) is 52.6 Å². The zero-order valence-corrected chi connectivity index (χ0v) is 24.3. The number of aromatic nitrogens is 4. The summed E-state index contributed by atoms with van der Waals surface area (Å²) in [6, 6.07) is 4.65. The molecular formula is C23H11Cl3F6N8S2. The molecule has 0 fully saturated rings. The molecule has 0 saturated heterocycles. The van der Waals surface area contributed by atoms with E-state index in [9.17, 15) is 31.6 Å². The van der Waals surface area contributed by atoms with Crippen molar-refractivity contribution >= 4 is 73.8 Å². The second-order valence-electron chi connectivity index (χ2n) is 8.22. The van der Waals surface area contributed by atoms with E-state index in [1.165, 1.54) is 6.92 Å². The molecule has 0 saturated carbocycles. The molecule has 2 heterocycles. The van der Waals surface area contributed by atoms with Gasteiger partial charge in [-0.2, -0.15) is 36.7 Å². The topological polar surface area (TPSA) is 116 Å². The van der Waals surface area contributed by atoms with Crippen molar-refractivity contribution in [3.05, 3.63) is 73.1 Å². The van der Waals surface area contributed by atoms with E-state index in [2.05, 4.69) is 15.0 Å². The summed E-state index contributed by atoms with van der Waals surface area (Å²) in [5.41, 5.74) is 9.98. The number of nitrogen functional groups attached to an aromatic ring is 2. The van der Waals surface area contributed by atoms with Crippen molar-refractivity contribution in [1.29, 1.82) is 5.26 Å². The molecule has 0 spiro atoms. The van der Waals surface area contributed by atoms with Crippen LogP contribution in [0.3, 0.4) is 0 Å². The van der Waals surface area contributed by atoms with Gasteiger partial charge in [0.2, 0.25) is 0 Å². The molecule has 4 aromatic rings. The Hall–Kier alpha value is -3.41. The number of hydrogen-bond acceptors (Lipinski definition) is 7. The van der Waals surface area contributed by atoms with E-state index in [0.29, 0.717) is 18.2 Å². The number of nitrogens with zero attached hydrogens (tertiary/aromatic N) is 6. The van der Waals surface area contributed by atoms with E-state index in [1.807, 2.05) is 6.07 Å². The Balaban J connectivity index is 1.74. The van der Waals surface area contributed by atoms with Crippen LogP contribution in [0.15, 0.2) is 34.1 Å². The third-order valence-corrected chi connectivity index (χ3v) is 8.83. The number of alkyl halides is 6. The van der Waals surface area contributed by atoms with Crippen LogP contribution >= 0.6 is 56.4 Å². The highest BCUT2D eigenvalue weighted by Crippen LogP contribution is 2.49. The van der Waals surface area contributed by atoms with Crippen molar-refractivity contribution in [2.45, 2.75) is 29.1 Å². The molecule has 0 aliphatic heterocycles. The summed E-state index contributed by atoms with van der Waals surface area (Å²) in [4.78, 5) is 3.38. The second kappa shape index (κ2) is 11.3. The van der Waals surface area contributed by atoms with Gasteiger partial charge in [-0.3, -0.25) is 0 Å². The molecule has 8 nitrogen and oxygen atoms in total. The first-order valence-corrected chi connectivity index (χ1v) is 14.1. The molecule has 0 atom stereocenters. The molecule has 0 radical (unpaired) electrons. The van der Waals surface area contributed by atoms with Gasteiger partial charge in [-0.25, -0.2) is 4.68 Å². The molecule has 218 valence electrons. The molecule has 2 aromatic carbocycles. The van der Waals surface area contributed by atoms with E-state index in [4.69, 9.17) is 52.8 Å². The van der Waals surface area contributed by atoms with E-state index >= 15 is 0 Å². The van der Waals surface area contributed by atoms with Crippen LogP contribution in [-0.4, -0.2) is 19.6 Å². The first-order valence-electron chi connectivity index (χ1n) is 10.8. The number of nitriles is 1. The lowest BCUT2D eigenvalue weighted by Gasteiger charge is -2.14.